The molecular weight excluding hydrogens is 114 g/mol. The molecule has 1 saturated heterocycles. The molecule has 2 aliphatic rings. The molecule has 2 N–H and O–H groups in total. The minimum absolute atomic E-state index is 0.332. The SMILES string of the molecule is [C]1=CN2CCCNC2N1. The van der Waals surface area contributed by atoms with E-state index in [9.17, 15) is 0 Å². The predicted octanol–water partition coefficient (Wildman–Crippen LogP) is -0.557. The lowest BCUT2D eigenvalue weighted by atomic mass is 10.3. The van der Waals surface area contributed by atoms with Gasteiger partial charge in [-0.05, 0) is 6.42 Å². The molecule has 0 aromatic rings. The van der Waals surface area contributed by atoms with Crippen LogP contribution >= 0.6 is 0 Å². The second-order valence-electron chi connectivity index (χ2n) is 2.37. The molecule has 3 heteroatoms. The minimum atomic E-state index is 0.332. The number of rotatable bonds is 0. The zero-order valence-electron chi connectivity index (χ0n) is 5.22. The Kier molecular flexibility index (Phi) is 1.09. The molecular formula is C6H10N3. The van der Waals surface area contributed by atoms with Gasteiger partial charge >= 0.3 is 0 Å². The largest absolute Gasteiger partial charge is 0.350 e. The van der Waals surface area contributed by atoms with Crippen molar-refractivity contribution in [3.63, 3.8) is 0 Å². The van der Waals surface area contributed by atoms with Crippen molar-refractivity contribution in [3.8, 4) is 0 Å². The van der Waals surface area contributed by atoms with Gasteiger partial charge in [0.15, 0.2) is 6.29 Å². The number of hydrogen-bond acceptors (Lipinski definition) is 3. The second kappa shape index (κ2) is 1.92. The Morgan fingerprint density at radius 3 is 3.56 bits per heavy atom. The van der Waals surface area contributed by atoms with Crippen molar-refractivity contribution in [2.24, 2.45) is 0 Å². The highest BCUT2D eigenvalue weighted by atomic mass is 15.4. The first-order chi connectivity index (χ1) is 4.47. The molecule has 9 heavy (non-hydrogen) atoms. The molecule has 3 nitrogen and oxygen atoms in total. The van der Waals surface area contributed by atoms with Crippen molar-refractivity contribution in [2.75, 3.05) is 13.1 Å². The van der Waals surface area contributed by atoms with Crippen molar-refractivity contribution in [2.45, 2.75) is 12.7 Å². The van der Waals surface area contributed by atoms with Gasteiger partial charge in [0.05, 0.1) is 6.20 Å². The van der Waals surface area contributed by atoms with E-state index < -0.39 is 0 Å². The van der Waals surface area contributed by atoms with E-state index in [0.717, 1.165) is 13.1 Å². The third-order valence-corrected chi connectivity index (χ3v) is 1.71. The highest BCUT2D eigenvalue weighted by Gasteiger charge is 2.20. The predicted molar refractivity (Wildman–Crippen MR) is 34.1 cm³/mol. The van der Waals surface area contributed by atoms with E-state index in [4.69, 9.17) is 0 Å². The van der Waals surface area contributed by atoms with Gasteiger partial charge in [-0.25, -0.2) is 0 Å². The van der Waals surface area contributed by atoms with Crippen LogP contribution in [0.15, 0.2) is 6.20 Å². The van der Waals surface area contributed by atoms with Crippen LogP contribution in [0.5, 0.6) is 0 Å². The van der Waals surface area contributed by atoms with Crippen LogP contribution in [-0.2, 0) is 0 Å². The highest BCUT2D eigenvalue weighted by Crippen LogP contribution is 2.05. The minimum Gasteiger partial charge on any atom is -0.350 e. The number of fused-ring (bicyclic) bond motifs is 1. The standard InChI is InChI=1S/C6H10N3/c1-2-7-6-8-3-5-9(6)4-1/h5-8H,1-2,4H2. The van der Waals surface area contributed by atoms with Crippen LogP contribution < -0.4 is 10.6 Å². The van der Waals surface area contributed by atoms with E-state index in [-0.39, 0.29) is 0 Å². The molecule has 0 amide bonds. The van der Waals surface area contributed by atoms with Crippen molar-refractivity contribution in [1.29, 1.82) is 0 Å². The van der Waals surface area contributed by atoms with E-state index in [0.29, 0.717) is 6.29 Å². The van der Waals surface area contributed by atoms with Crippen molar-refractivity contribution in [1.82, 2.24) is 15.5 Å². The van der Waals surface area contributed by atoms with Gasteiger partial charge in [-0.3, -0.25) is 5.32 Å². The monoisotopic (exact) mass is 124 g/mol. The smallest absolute Gasteiger partial charge is 0.155 e. The molecule has 0 spiro atoms. The number of hydrogen-bond donors (Lipinski definition) is 2. The van der Waals surface area contributed by atoms with Gasteiger partial charge < -0.3 is 10.2 Å². The lowest BCUT2D eigenvalue weighted by molar-refractivity contribution is 0.193. The van der Waals surface area contributed by atoms with Gasteiger partial charge in [-0.2, -0.15) is 0 Å². The lowest BCUT2D eigenvalue weighted by Gasteiger charge is -2.30. The molecule has 0 aromatic heterocycles. The third kappa shape index (κ3) is 0.772. The maximum absolute atomic E-state index is 3.30. The molecule has 1 atom stereocenters. The first-order valence-electron chi connectivity index (χ1n) is 3.30. The van der Waals surface area contributed by atoms with Gasteiger partial charge in [0.2, 0.25) is 0 Å². The molecule has 1 radical (unpaired) electrons. The zero-order chi connectivity index (χ0) is 6.10. The van der Waals surface area contributed by atoms with Crippen molar-refractivity contribution in [3.05, 3.63) is 12.4 Å². The van der Waals surface area contributed by atoms with Crippen molar-refractivity contribution >= 4 is 0 Å². The summed E-state index contributed by atoms with van der Waals surface area (Å²) in [5.74, 6) is 0. The van der Waals surface area contributed by atoms with Gasteiger partial charge in [-0.1, -0.05) is 0 Å². The Morgan fingerprint density at radius 2 is 2.67 bits per heavy atom. The molecule has 2 heterocycles. The maximum Gasteiger partial charge on any atom is 0.155 e. The summed E-state index contributed by atoms with van der Waals surface area (Å²) >= 11 is 0. The molecule has 49 valence electrons. The number of nitrogens with one attached hydrogen (secondary N) is 2. The Bertz CT molecular complexity index is 132. The fourth-order valence-electron chi connectivity index (χ4n) is 1.22. The summed E-state index contributed by atoms with van der Waals surface area (Å²) < 4.78 is 0. The summed E-state index contributed by atoms with van der Waals surface area (Å²) in [4.78, 5) is 2.21. The van der Waals surface area contributed by atoms with E-state index in [1.165, 1.54) is 6.42 Å². The van der Waals surface area contributed by atoms with Gasteiger partial charge in [-0.15, -0.1) is 0 Å². The maximum atomic E-state index is 3.30. The third-order valence-electron chi connectivity index (χ3n) is 1.71. The molecule has 1 fully saturated rings. The summed E-state index contributed by atoms with van der Waals surface area (Å²) in [5, 5.41) is 6.37. The topological polar surface area (TPSA) is 27.3 Å². The van der Waals surface area contributed by atoms with Crippen LogP contribution in [0.3, 0.4) is 0 Å². The lowest BCUT2D eigenvalue weighted by Crippen LogP contribution is -2.52. The van der Waals surface area contributed by atoms with E-state index in [1.54, 1.807) is 0 Å². The van der Waals surface area contributed by atoms with Gasteiger partial charge in [0, 0.05) is 19.3 Å². The van der Waals surface area contributed by atoms with Crippen LogP contribution in [0.2, 0.25) is 0 Å². The normalized spacial score (nSPS) is 32.0. The van der Waals surface area contributed by atoms with Crippen LogP contribution in [-0.4, -0.2) is 24.3 Å². The molecule has 0 aliphatic carbocycles. The second-order valence-corrected chi connectivity index (χ2v) is 2.37. The molecule has 0 aromatic carbocycles. The molecule has 2 rings (SSSR count). The quantitative estimate of drug-likeness (QED) is 0.453. The molecule has 2 aliphatic heterocycles. The van der Waals surface area contributed by atoms with Gasteiger partial charge in [0.1, 0.15) is 0 Å². The average Bonchev–Trinajstić information content (AvgIpc) is 2.33. The summed E-state index contributed by atoms with van der Waals surface area (Å²) in [6, 6.07) is 0. The average molecular weight is 124 g/mol. The summed E-state index contributed by atoms with van der Waals surface area (Å²) in [5.41, 5.74) is 0. The molecule has 0 bridgehead atoms. The summed E-state index contributed by atoms with van der Waals surface area (Å²) in [6.45, 7) is 2.27. The molecule has 1 unspecified atom stereocenters. The fourth-order valence-corrected chi connectivity index (χ4v) is 1.22. The first-order valence-corrected chi connectivity index (χ1v) is 3.30. The number of nitrogens with zero attached hydrogens (tertiary/aromatic N) is 1. The van der Waals surface area contributed by atoms with Crippen molar-refractivity contribution < 1.29 is 0 Å². The fraction of sp³-hybridized carbons (Fsp3) is 0.667. The van der Waals surface area contributed by atoms with E-state index in [2.05, 4.69) is 21.7 Å². The van der Waals surface area contributed by atoms with Crippen LogP contribution in [0, 0.1) is 6.20 Å². The summed E-state index contributed by atoms with van der Waals surface area (Å²) in [6.07, 6.45) is 6.49. The Morgan fingerprint density at radius 1 is 1.67 bits per heavy atom. The van der Waals surface area contributed by atoms with Gasteiger partial charge in [0.25, 0.3) is 0 Å². The highest BCUT2D eigenvalue weighted by molar-refractivity contribution is 4.89. The Balaban J connectivity index is 2.03. The zero-order valence-corrected chi connectivity index (χ0v) is 5.22. The van der Waals surface area contributed by atoms with E-state index in [1.807, 2.05) is 6.20 Å². The first kappa shape index (κ1) is 5.11. The Labute approximate surface area is 54.7 Å². The van der Waals surface area contributed by atoms with E-state index >= 15 is 0 Å². The van der Waals surface area contributed by atoms with Crippen LogP contribution in [0.4, 0.5) is 0 Å². The van der Waals surface area contributed by atoms with Crippen LogP contribution in [0.25, 0.3) is 0 Å². The Hall–Kier alpha value is -0.700. The summed E-state index contributed by atoms with van der Waals surface area (Å²) in [7, 11) is 0. The van der Waals surface area contributed by atoms with Crippen LogP contribution in [0.1, 0.15) is 6.42 Å². The molecule has 0 saturated carbocycles.